The van der Waals surface area contributed by atoms with Crippen molar-refractivity contribution in [2.45, 2.75) is 31.2 Å². The minimum atomic E-state index is -3.56. The second kappa shape index (κ2) is 5.44. The van der Waals surface area contributed by atoms with E-state index in [1.165, 1.54) is 16.6 Å². The van der Waals surface area contributed by atoms with Crippen LogP contribution in [0.15, 0.2) is 23.2 Å². The van der Waals surface area contributed by atoms with Gasteiger partial charge in [0.2, 0.25) is 10.0 Å². The lowest BCUT2D eigenvalue weighted by molar-refractivity contribution is 0.380. The zero-order chi connectivity index (χ0) is 13.1. The van der Waals surface area contributed by atoms with Gasteiger partial charge >= 0.3 is 0 Å². The van der Waals surface area contributed by atoms with Gasteiger partial charge in [-0.3, -0.25) is 0 Å². The first-order valence-corrected chi connectivity index (χ1v) is 6.78. The number of hydrogen-bond acceptors (Lipinski definition) is 5. The molecule has 6 nitrogen and oxygen atoms in total. The van der Waals surface area contributed by atoms with Gasteiger partial charge in [0.05, 0.1) is 0 Å². The Labute approximate surface area is 102 Å². The van der Waals surface area contributed by atoms with Crippen LogP contribution in [0.3, 0.4) is 0 Å². The molecule has 0 saturated carbocycles. The highest BCUT2D eigenvalue weighted by Gasteiger charge is 2.27. The zero-order valence-corrected chi connectivity index (χ0v) is 11.0. The summed E-state index contributed by atoms with van der Waals surface area (Å²) in [5.74, 6) is 5.42. The standard InChI is InChI=1S/C10H18N4O2S/c1-4-8(2)14(3)17(15,16)9-6-5-7-12-10(9)13-11/h5-8H,4,11H2,1-3H3,(H,12,13). The lowest BCUT2D eigenvalue weighted by atomic mass is 10.3. The molecule has 0 bridgehead atoms. The predicted molar refractivity (Wildman–Crippen MR) is 66.7 cm³/mol. The maximum Gasteiger partial charge on any atom is 0.246 e. The third kappa shape index (κ3) is 2.74. The number of hydrazine groups is 1. The second-order valence-corrected chi connectivity index (χ2v) is 5.74. The maximum atomic E-state index is 12.3. The molecule has 0 aromatic carbocycles. The summed E-state index contributed by atoms with van der Waals surface area (Å²) in [6.45, 7) is 3.78. The fourth-order valence-corrected chi connectivity index (χ4v) is 2.90. The number of rotatable bonds is 5. The normalized spacial score (nSPS) is 13.7. The molecule has 96 valence electrons. The summed E-state index contributed by atoms with van der Waals surface area (Å²) in [4.78, 5) is 3.98. The summed E-state index contributed by atoms with van der Waals surface area (Å²) in [6.07, 6.45) is 2.22. The molecule has 1 atom stereocenters. The Balaban J connectivity index is 3.22. The van der Waals surface area contributed by atoms with E-state index in [4.69, 9.17) is 5.84 Å². The Morgan fingerprint density at radius 2 is 2.24 bits per heavy atom. The van der Waals surface area contributed by atoms with Crippen molar-refractivity contribution in [1.29, 1.82) is 0 Å². The molecule has 1 aromatic rings. The monoisotopic (exact) mass is 258 g/mol. The summed E-state index contributed by atoms with van der Waals surface area (Å²) in [7, 11) is -2.01. The van der Waals surface area contributed by atoms with Gasteiger partial charge in [0, 0.05) is 19.3 Å². The highest BCUT2D eigenvalue weighted by molar-refractivity contribution is 7.89. The molecule has 3 N–H and O–H groups in total. The molecular formula is C10H18N4O2S. The van der Waals surface area contributed by atoms with Crippen molar-refractivity contribution in [3.05, 3.63) is 18.3 Å². The van der Waals surface area contributed by atoms with E-state index in [1.807, 2.05) is 13.8 Å². The number of aromatic nitrogens is 1. The predicted octanol–water partition coefficient (Wildman–Crippen LogP) is 0.786. The topological polar surface area (TPSA) is 88.3 Å². The van der Waals surface area contributed by atoms with Gasteiger partial charge in [-0.25, -0.2) is 19.2 Å². The SMILES string of the molecule is CCC(C)N(C)S(=O)(=O)c1cccnc1NN. The second-order valence-electron chi connectivity index (χ2n) is 3.77. The highest BCUT2D eigenvalue weighted by Crippen LogP contribution is 2.22. The summed E-state index contributed by atoms with van der Waals surface area (Å²) in [5, 5.41) is 0. The van der Waals surface area contributed by atoms with E-state index in [9.17, 15) is 8.42 Å². The molecule has 1 aromatic heterocycles. The van der Waals surface area contributed by atoms with Gasteiger partial charge in [-0.15, -0.1) is 0 Å². The van der Waals surface area contributed by atoms with Crippen LogP contribution in [0.2, 0.25) is 0 Å². The van der Waals surface area contributed by atoms with E-state index in [0.29, 0.717) is 0 Å². The third-order valence-corrected chi connectivity index (χ3v) is 4.78. The molecule has 0 aliphatic carbocycles. The van der Waals surface area contributed by atoms with E-state index in [1.54, 1.807) is 13.1 Å². The van der Waals surface area contributed by atoms with Crippen molar-refractivity contribution in [2.24, 2.45) is 5.84 Å². The van der Waals surface area contributed by atoms with Gasteiger partial charge in [0.1, 0.15) is 4.90 Å². The first-order valence-electron chi connectivity index (χ1n) is 5.34. The van der Waals surface area contributed by atoms with Crippen LogP contribution in [0, 0.1) is 0 Å². The van der Waals surface area contributed by atoms with Crippen LogP contribution in [-0.2, 0) is 10.0 Å². The number of nitrogens with zero attached hydrogens (tertiary/aromatic N) is 2. The summed E-state index contributed by atoms with van der Waals surface area (Å²) >= 11 is 0. The number of pyridine rings is 1. The molecule has 0 aliphatic heterocycles. The molecule has 7 heteroatoms. The number of nitrogens with two attached hydrogens (primary N) is 1. The molecule has 0 amide bonds. The van der Waals surface area contributed by atoms with E-state index >= 15 is 0 Å². The van der Waals surface area contributed by atoms with Crippen LogP contribution < -0.4 is 11.3 Å². The Morgan fingerprint density at radius 1 is 1.59 bits per heavy atom. The summed E-state index contributed by atoms with van der Waals surface area (Å²) in [6, 6.07) is 2.97. The van der Waals surface area contributed by atoms with Crippen LogP contribution in [0.5, 0.6) is 0 Å². The number of nitrogens with one attached hydrogen (secondary N) is 1. The van der Waals surface area contributed by atoms with E-state index in [2.05, 4.69) is 10.4 Å². The highest BCUT2D eigenvalue weighted by atomic mass is 32.2. The molecule has 0 spiro atoms. The average molecular weight is 258 g/mol. The number of sulfonamides is 1. The van der Waals surface area contributed by atoms with E-state index < -0.39 is 10.0 Å². The molecule has 1 unspecified atom stereocenters. The van der Waals surface area contributed by atoms with Crippen LogP contribution >= 0.6 is 0 Å². The van der Waals surface area contributed by atoms with Crippen molar-refractivity contribution in [2.75, 3.05) is 12.5 Å². The minimum Gasteiger partial charge on any atom is -0.307 e. The summed E-state index contributed by atoms with van der Waals surface area (Å²) < 4.78 is 25.9. The van der Waals surface area contributed by atoms with Crippen LogP contribution in [-0.4, -0.2) is 30.8 Å². The Hall–Kier alpha value is -1.18. The smallest absolute Gasteiger partial charge is 0.246 e. The largest absolute Gasteiger partial charge is 0.307 e. The van der Waals surface area contributed by atoms with E-state index in [-0.39, 0.29) is 16.8 Å². The fraction of sp³-hybridized carbons (Fsp3) is 0.500. The Kier molecular flexibility index (Phi) is 4.44. The molecule has 0 radical (unpaired) electrons. The van der Waals surface area contributed by atoms with Crippen LogP contribution in [0.4, 0.5) is 5.82 Å². The van der Waals surface area contributed by atoms with Crippen molar-refractivity contribution in [3.8, 4) is 0 Å². The number of hydrogen-bond donors (Lipinski definition) is 2. The first-order chi connectivity index (χ1) is 7.95. The zero-order valence-electron chi connectivity index (χ0n) is 10.2. The lowest BCUT2D eigenvalue weighted by Crippen LogP contribution is -2.35. The van der Waals surface area contributed by atoms with Crippen molar-refractivity contribution >= 4 is 15.8 Å². The van der Waals surface area contributed by atoms with Gasteiger partial charge in [-0.2, -0.15) is 4.31 Å². The fourth-order valence-electron chi connectivity index (χ4n) is 1.36. The van der Waals surface area contributed by atoms with Crippen LogP contribution in [0.1, 0.15) is 20.3 Å². The molecule has 0 saturated heterocycles. The number of nitrogen functional groups attached to an aromatic ring is 1. The minimum absolute atomic E-state index is 0.0779. The quantitative estimate of drug-likeness (QED) is 0.602. The van der Waals surface area contributed by atoms with Crippen molar-refractivity contribution in [1.82, 2.24) is 9.29 Å². The molecule has 1 rings (SSSR count). The molecule has 0 fully saturated rings. The van der Waals surface area contributed by atoms with Gasteiger partial charge in [0.25, 0.3) is 0 Å². The first kappa shape index (κ1) is 13.9. The Bertz CT molecular complexity index is 475. The van der Waals surface area contributed by atoms with Gasteiger partial charge in [-0.1, -0.05) is 6.92 Å². The van der Waals surface area contributed by atoms with Crippen molar-refractivity contribution in [3.63, 3.8) is 0 Å². The summed E-state index contributed by atoms with van der Waals surface area (Å²) in [5.41, 5.74) is 2.30. The molecule has 0 aliphatic rings. The van der Waals surface area contributed by atoms with Gasteiger partial charge < -0.3 is 5.43 Å². The van der Waals surface area contributed by atoms with Crippen molar-refractivity contribution < 1.29 is 8.42 Å². The molecule has 1 heterocycles. The molecular weight excluding hydrogens is 240 g/mol. The maximum absolute atomic E-state index is 12.3. The lowest BCUT2D eigenvalue weighted by Gasteiger charge is -2.23. The molecule has 17 heavy (non-hydrogen) atoms. The third-order valence-electron chi connectivity index (χ3n) is 2.78. The Morgan fingerprint density at radius 3 is 2.76 bits per heavy atom. The average Bonchev–Trinajstić information content (AvgIpc) is 2.36. The van der Waals surface area contributed by atoms with Gasteiger partial charge in [0.15, 0.2) is 5.82 Å². The van der Waals surface area contributed by atoms with Crippen LogP contribution in [0.25, 0.3) is 0 Å². The number of anilines is 1. The van der Waals surface area contributed by atoms with E-state index in [0.717, 1.165) is 6.42 Å². The van der Waals surface area contributed by atoms with Gasteiger partial charge in [-0.05, 0) is 25.5 Å².